The van der Waals surface area contributed by atoms with Crippen molar-refractivity contribution < 1.29 is 0 Å². The van der Waals surface area contributed by atoms with Gasteiger partial charge in [0.25, 0.3) is 0 Å². The molecule has 1 N–H and O–H groups in total. The normalized spacial score (nSPS) is 18.0. The Morgan fingerprint density at radius 3 is 2.90 bits per heavy atom. The van der Waals surface area contributed by atoms with E-state index in [1.54, 1.807) is 0 Å². The zero-order chi connectivity index (χ0) is 14.1. The highest BCUT2D eigenvalue weighted by molar-refractivity contribution is 7.09. The summed E-state index contributed by atoms with van der Waals surface area (Å²) in [5.41, 5.74) is 4.51. The molecule has 110 valence electrons. The van der Waals surface area contributed by atoms with Gasteiger partial charge >= 0.3 is 0 Å². The maximum Gasteiger partial charge on any atom is 0.0334 e. The minimum absolute atomic E-state index is 0.807. The van der Waals surface area contributed by atoms with Gasteiger partial charge in [-0.1, -0.05) is 24.3 Å². The molecule has 0 unspecified atom stereocenters. The Balaban J connectivity index is 1.50. The van der Waals surface area contributed by atoms with Crippen LogP contribution in [0.1, 0.15) is 34.4 Å². The molecular weight excluding hydrogens is 276 g/mol. The molecule has 0 bridgehead atoms. The van der Waals surface area contributed by atoms with E-state index in [9.17, 15) is 0 Å². The summed E-state index contributed by atoms with van der Waals surface area (Å²) in [7, 11) is 0. The molecule has 1 aliphatic carbocycles. The van der Waals surface area contributed by atoms with E-state index in [0.29, 0.717) is 0 Å². The van der Waals surface area contributed by atoms with Gasteiger partial charge in [0.05, 0.1) is 0 Å². The van der Waals surface area contributed by atoms with Crippen molar-refractivity contribution in [3.05, 3.63) is 57.3 Å². The average Bonchev–Trinajstić information content (AvgIpc) is 3.24. The smallest absolute Gasteiger partial charge is 0.0334 e. The van der Waals surface area contributed by atoms with Crippen molar-refractivity contribution >= 4 is 11.3 Å². The highest BCUT2D eigenvalue weighted by Gasteiger charge is 2.29. The zero-order valence-corrected chi connectivity index (χ0v) is 13.2. The number of rotatable bonds is 5. The van der Waals surface area contributed by atoms with E-state index >= 15 is 0 Å². The van der Waals surface area contributed by atoms with Gasteiger partial charge < -0.3 is 5.32 Å². The molecule has 0 spiro atoms. The van der Waals surface area contributed by atoms with Crippen molar-refractivity contribution in [1.82, 2.24) is 10.2 Å². The maximum atomic E-state index is 3.48. The van der Waals surface area contributed by atoms with Crippen LogP contribution in [-0.4, -0.2) is 17.5 Å². The Morgan fingerprint density at radius 1 is 1.14 bits per heavy atom. The summed E-state index contributed by atoms with van der Waals surface area (Å²) in [4.78, 5) is 4.14. The first-order valence-electron chi connectivity index (χ1n) is 7.96. The van der Waals surface area contributed by atoms with Crippen LogP contribution in [0.15, 0.2) is 35.7 Å². The highest BCUT2D eigenvalue weighted by atomic mass is 32.1. The number of hydrogen-bond acceptors (Lipinski definition) is 3. The number of hydrogen-bond donors (Lipinski definition) is 1. The Labute approximate surface area is 130 Å². The van der Waals surface area contributed by atoms with E-state index in [-0.39, 0.29) is 0 Å². The summed E-state index contributed by atoms with van der Waals surface area (Å²) < 4.78 is 0. The second-order valence-electron chi connectivity index (χ2n) is 6.25. The van der Waals surface area contributed by atoms with Crippen molar-refractivity contribution in [3.63, 3.8) is 0 Å². The first-order valence-corrected chi connectivity index (χ1v) is 8.84. The standard InChI is InChI=1S/C18H22N2S/c1-2-18(21-9-1)13-20(17-5-6-17)12-14-3-4-15-7-8-19-11-16(15)10-14/h1-4,9-10,17,19H,5-8,11-13H2. The maximum absolute atomic E-state index is 3.48. The van der Waals surface area contributed by atoms with Crippen molar-refractivity contribution in [2.24, 2.45) is 0 Å². The van der Waals surface area contributed by atoms with Crippen LogP contribution in [0, 0.1) is 0 Å². The molecule has 4 rings (SSSR count). The molecule has 1 saturated carbocycles. The van der Waals surface area contributed by atoms with Crippen LogP contribution < -0.4 is 5.32 Å². The SMILES string of the molecule is c1csc(CN(Cc2ccc3c(c2)CNCC3)C2CC2)c1. The average molecular weight is 298 g/mol. The number of benzene rings is 1. The van der Waals surface area contributed by atoms with Crippen molar-refractivity contribution in [3.8, 4) is 0 Å². The highest BCUT2D eigenvalue weighted by Crippen LogP contribution is 2.31. The van der Waals surface area contributed by atoms with Crippen molar-refractivity contribution in [1.29, 1.82) is 0 Å². The summed E-state index contributed by atoms with van der Waals surface area (Å²) in [6.45, 7) is 4.37. The number of fused-ring (bicyclic) bond motifs is 1. The monoisotopic (exact) mass is 298 g/mol. The van der Waals surface area contributed by atoms with Gasteiger partial charge in [0.15, 0.2) is 0 Å². The summed E-state index contributed by atoms with van der Waals surface area (Å²) in [5.74, 6) is 0. The molecule has 0 amide bonds. The van der Waals surface area contributed by atoms with Crippen LogP contribution in [0.4, 0.5) is 0 Å². The molecule has 2 heterocycles. The van der Waals surface area contributed by atoms with E-state index in [2.05, 4.69) is 45.9 Å². The third-order valence-electron chi connectivity index (χ3n) is 4.55. The second kappa shape index (κ2) is 5.91. The molecule has 3 heteroatoms. The molecular formula is C18H22N2S. The second-order valence-corrected chi connectivity index (χ2v) is 7.28. The van der Waals surface area contributed by atoms with Gasteiger partial charge in [-0.25, -0.2) is 0 Å². The summed E-state index contributed by atoms with van der Waals surface area (Å²) in [5, 5.41) is 5.67. The fourth-order valence-corrected chi connectivity index (χ4v) is 3.95. The molecule has 0 atom stereocenters. The molecule has 0 radical (unpaired) electrons. The minimum Gasteiger partial charge on any atom is -0.312 e. The lowest BCUT2D eigenvalue weighted by atomic mass is 9.98. The molecule has 0 saturated heterocycles. The minimum atomic E-state index is 0.807. The lowest BCUT2D eigenvalue weighted by Gasteiger charge is -2.23. The zero-order valence-electron chi connectivity index (χ0n) is 12.3. The van der Waals surface area contributed by atoms with E-state index < -0.39 is 0 Å². The quantitative estimate of drug-likeness (QED) is 0.908. The first-order chi connectivity index (χ1) is 10.4. The molecule has 2 aliphatic rings. The van der Waals surface area contributed by atoms with Gasteiger partial charge in [-0.15, -0.1) is 11.3 Å². The van der Waals surface area contributed by atoms with Gasteiger partial charge in [-0.05, 0) is 53.9 Å². The summed E-state index contributed by atoms with van der Waals surface area (Å²) in [6, 6.07) is 12.3. The Kier molecular flexibility index (Phi) is 3.80. The Hall–Kier alpha value is -1.16. The topological polar surface area (TPSA) is 15.3 Å². The molecule has 2 nitrogen and oxygen atoms in total. The van der Waals surface area contributed by atoms with Crippen LogP contribution >= 0.6 is 11.3 Å². The first kappa shape index (κ1) is 13.5. The van der Waals surface area contributed by atoms with Gasteiger partial charge in [0, 0.05) is 30.6 Å². The Bertz CT molecular complexity index is 602. The van der Waals surface area contributed by atoms with Crippen LogP contribution in [0.3, 0.4) is 0 Å². The van der Waals surface area contributed by atoms with Crippen LogP contribution in [0.2, 0.25) is 0 Å². The number of thiophene rings is 1. The number of nitrogens with one attached hydrogen (secondary N) is 1. The van der Waals surface area contributed by atoms with Crippen LogP contribution in [0.25, 0.3) is 0 Å². The van der Waals surface area contributed by atoms with Gasteiger partial charge in [-0.3, -0.25) is 4.90 Å². The van der Waals surface area contributed by atoms with E-state index in [1.165, 1.54) is 40.8 Å². The van der Waals surface area contributed by atoms with Gasteiger partial charge in [0.2, 0.25) is 0 Å². The molecule has 21 heavy (non-hydrogen) atoms. The molecule has 1 aromatic carbocycles. The largest absolute Gasteiger partial charge is 0.312 e. The lowest BCUT2D eigenvalue weighted by Crippen LogP contribution is -2.26. The van der Waals surface area contributed by atoms with E-state index in [1.807, 2.05) is 11.3 Å². The lowest BCUT2D eigenvalue weighted by molar-refractivity contribution is 0.248. The van der Waals surface area contributed by atoms with Crippen molar-refractivity contribution in [2.75, 3.05) is 6.54 Å². The third kappa shape index (κ3) is 3.20. The third-order valence-corrected chi connectivity index (χ3v) is 5.41. The fraction of sp³-hybridized carbons (Fsp3) is 0.444. The summed E-state index contributed by atoms with van der Waals surface area (Å²) >= 11 is 1.88. The predicted octanol–water partition coefficient (Wildman–Crippen LogP) is 3.56. The van der Waals surface area contributed by atoms with Crippen LogP contribution in [-0.2, 0) is 26.1 Å². The van der Waals surface area contributed by atoms with Gasteiger partial charge in [0.1, 0.15) is 0 Å². The van der Waals surface area contributed by atoms with E-state index in [4.69, 9.17) is 0 Å². The molecule has 1 aromatic heterocycles. The fourth-order valence-electron chi connectivity index (χ4n) is 3.22. The van der Waals surface area contributed by atoms with Crippen LogP contribution in [0.5, 0.6) is 0 Å². The predicted molar refractivity (Wildman–Crippen MR) is 88.4 cm³/mol. The molecule has 1 aliphatic heterocycles. The van der Waals surface area contributed by atoms with E-state index in [0.717, 1.165) is 32.2 Å². The Morgan fingerprint density at radius 2 is 2.10 bits per heavy atom. The van der Waals surface area contributed by atoms with Gasteiger partial charge in [-0.2, -0.15) is 0 Å². The number of nitrogens with zero attached hydrogens (tertiary/aromatic N) is 1. The molecule has 1 fully saturated rings. The van der Waals surface area contributed by atoms with Crippen molar-refractivity contribution in [2.45, 2.75) is 44.9 Å². The molecule has 2 aromatic rings. The summed E-state index contributed by atoms with van der Waals surface area (Å²) in [6.07, 6.45) is 3.92.